The van der Waals surface area contributed by atoms with Crippen LogP contribution in [0.3, 0.4) is 0 Å². The lowest BCUT2D eigenvalue weighted by atomic mass is 9.96. The summed E-state index contributed by atoms with van der Waals surface area (Å²) in [5.41, 5.74) is -0.183. The van der Waals surface area contributed by atoms with Crippen LogP contribution in [0.15, 0.2) is 12.3 Å². The molecule has 2 aromatic rings. The van der Waals surface area contributed by atoms with Crippen LogP contribution in [-0.2, 0) is 6.18 Å². The Bertz CT molecular complexity index is 658. The quantitative estimate of drug-likeness (QED) is 0.936. The van der Waals surface area contributed by atoms with Crippen molar-refractivity contribution in [2.45, 2.75) is 38.3 Å². The Morgan fingerprint density at radius 1 is 1.43 bits per heavy atom. The third-order valence-corrected chi connectivity index (χ3v) is 4.06. The van der Waals surface area contributed by atoms with E-state index in [0.29, 0.717) is 11.7 Å². The van der Waals surface area contributed by atoms with Crippen molar-refractivity contribution in [3.8, 4) is 0 Å². The second-order valence-electron chi connectivity index (χ2n) is 5.46. The maximum absolute atomic E-state index is 13.1. The minimum Gasteiger partial charge on any atom is -0.373 e. The molecule has 1 aliphatic carbocycles. The zero-order valence-electron chi connectivity index (χ0n) is 11.9. The van der Waals surface area contributed by atoms with Gasteiger partial charge in [-0.15, -0.1) is 0 Å². The summed E-state index contributed by atoms with van der Waals surface area (Å²) in [4.78, 5) is 4.28. The molecule has 0 spiro atoms. The highest BCUT2D eigenvalue weighted by Gasteiger charge is 2.37. The van der Waals surface area contributed by atoms with Gasteiger partial charge in [-0.05, 0) is 25.2 Å². The maximum Gasteiger partial charge on any atom is 0.421 e. The minimum atomic E-state index is -4.44. The van der Waals surface area contributed by atoms with Gasteiger partial charge in [-0.2, -0.15) is 22.8 Å². The highest BCUT2D eigenvalue weighted by Crippen LogP contribution is 2.44. The van der Waals surface area contributed by atoms with Gasteiger partial charge in [-0.25, -0.2) is 4.98 Å². The molecule has 114 valence electrons. The van der Waals surface area contributed by atoms with Crippen molar-refractivity contribution in [1.29, 1.82) is 0 Å². The average molecular weight is 298 g/mol. The molecule has 0 radical (unpaired) electrons. The SMILES string of the molecule is CCC(c1cc(NC)n2ncc(C(F)(F)F)c2n1)C1CC1. The summed E-state index contributed by atoms with van der Waals surface area (Å²) in [6, 6.07) is 1.81. The Kier molecular flexibility index (Phi) is 3.30. The van der Waals surface area contributed by atoms with E-state index in [1.807, 2.05) is 6.07 Å². The molecule has 4 nitrogen and oxygen atoms in total. The number of rotatable bonds is 4. The van der Waals surface area contributed by atoms with E-state index < -0.39 is 11.7 Å². The molecule has 7 heteroatoms. The van der Waals surface area contributed by atoms with Crippen molar-refractivity contribution in [1.82, 2.24) is 14.6 Å². The molecule has 1 unspecified atom stereocenters. The molecule has 1 aliphatic rings. The van der Waals surface area contributed by atoms with Gasteiger partial charge in [0.05, 0.1) is 6.20 Å². The fourth-order valence-electron chi connectivity index (χ4n) is 2.83. The van der Waals surface area contributed by atoms with Gasteiger partial charge < -0.3 is 5.32 Å². The van der Waals surface area contributed by atoms with Crippen molar-refractivity contribution in [2.24, 2.45) is 5.92 Å². The van der Waals surface area contributed by atoms with Crippen LogP contribution in [0, 0.1) is 5.92 Å². The second kappa shape index (κ2) is 4.89. The Hall–Kier alpha value is -1.79. The number of aromatic nitrogens is 3. The molecule has 0 bridgehead atoms. The first-order valence-electron chi connectivity index (χ1n) is 7.09. The zero-order valence-corrected chi connectivity index (χ0v) is 11.9. The summed E-state index contributed by atoms with van der Waals surface area (Å²) in [6.45, 7) is 2.05. The van der Waals surface area contributed by atoms with Crippen LogP contribution in [0.1, 0.15) is 43.4 Å². The lowest BCUT2D eigenvalue weighted by Crippen LogP contribution is -2.11. The smallest absolute Gasteiger partial charge is 0.373 e. The standard InChI is InChI=1S/C14H17F3N4/c1-3-9(8-4-5-8)11-6-12(18-2)21-13(20-11)10(7-19-21)14(15,16)17/h6-9,18H,3-5H2,1-2H3. The monoisotopic (exact) mass is 298 g/mol. The van der Waals surface area contributed by atoms with Crippen LogP contribution in [0.5, 0.6) is 0 Å². The normalized spacial score (nSPS) is 17.2. The average Bonchev–Trinajstić information content (AvgIpc) is 3.15. The predicted octanol–water partition coefficient (Wildman–Crippen LogP) is 3.69. The summed E-state index contributed by atoms with van der Waals surface area (Å²) >= 11 is 0. The number of halogens is 3. The van der Waals surface area contributed by atoms with E-state index in [9.17, 15) is 13.2 Å². The first-order valence-corrected chi connectivity index (χ1v) is 7.09. The Morgan fingerprint density at radius 3 is 2.67 bits per heavy atom. The predicted molar refractivity (Wildman–Crippen MR) is 73.3 cm³/mol. The number of hydrogen-bond donors (Lipinski definition) is 1. The maximum atomic E-state index is 13.1. The topological polar surface area (TPSA) is 42.2 Å². The fraction of sp³-hybridized carbons (Fsp3) is 0.571. The second-order valence-corrected chi connectivity index (χ2v) is 5.46. The molecular weight excluding hydrogens is 281 g/mol. The van der Waals surface area contributed by atoms with Gasteiger partial charge in [-0.1, -0.05) is 6.92 Å². The third-order valence-electron chi connectivity index (χ3n) is 4.06. The van der Waals surface area contributed by atoms with Gasteiger partial charge in [-0.3, -0.25) is 0 Å². The number of hydrogen-bond acceptors (Lipinski definition) is 3. The number of alkyl halides is 3. The third kappa shape index (κ3) is 2.45. The Labute approximate surface area is 120 Å². The highest BCUT2D eigenvalue weighted by molar-refractivity contribution is 5.55. The van der Waals surface area contributed by atoms with Gasteiger partial charge in [0.15, 0.2) is 5.65 Å². The molecule has 1 fully saturated rings. The van der Waals surface area contributed by atoms with E-state index in [0.717, 1.165) is 31.2 Å². The zero-order chi connectivity index (χ0) is 15.2. The van der Waals surface area contributed by atoms with Gasteiger partial charge in [0, 0.05) is 24.7 Å². The minimum absolute atomic E-state index is 0.122. The van der Waals surface area contributed by atoms with Crippen molar-refractivity contribution >= 4 is 11.5 Å². The van der Waals surface area contributed by atoms with Crippen molar-refractivity contribution < 1.29 is 13.2 Å². The Morgan fingerprint density at radius 2 is 2.14 bits per heavy atom. The molecule has 2 aromatic heterocycles. The van der Waals surface area contributed by atoms with E-state index in [1.165, 1.54) is 4.52 Å². The molecule has 3 rings (SSSR count). The summed E-state index contributed by atoms with van der Waals surface area (Å²) in [6.07, 6.45) is -0.464. The summed E-state index contributed by atoms with van der Waals surface area (Å²) < 4.78 is 40.4. The molecule has 0 amide bonds. The first-order chi connectivity index (χ1) is 9.95. The Balaban J connectivity index is 2.18. The number of fused-ring (bicyclic) bond motifs is 1. The molecule has 0 aromatic carbocycles. The molecule has 0 saturated heterocycles. The van der Waals surface area contributed by atoms with E-state index in [4.69, 9.17) is 0 Å². The van der Waals surface area contributed by atoms with E-state index in [-0.39, 0.29) is 11.6 Å². The van der Waals surface area contributed by atoms with Gasteiger partial charge >= 0.3 is 6.18 Å². The van der Waals surface area contributed by atoms with Gasteiger partial charge in [0.2, 0.25) is 0 Å². The molecule has 1 atom stereocenters. The molecular formula is C14H17F3N4. The van der Waals surface area contributed by atoms with E-state index >= 15 is 0 Å². The number of anilines is 1. The number of nitrogens with one attached hydrogen (secondary N) is 1. The first kappa shape index (κ1) is 14.2. The van der Waals surface area contributed by atoms with Crippen LogP contribution in [0.4, 0.5) is 19.0 Å². The number of nitrogens with zero attached hydrogens (tertiary/aromatic N) is 3. The molecule has 2 heterocycles. The van der Waals surface area contributed by atoms with Crippen molar-refractivity contribution in [3.05, 3.63) is 23.5 Å². The van der Waals surface area contributed by atoms with Crippen LogP contribution in [0.2, 0.25) is 0 Å². The largest absolute Gasteiger partial charge is 0.421 e. The van der Waals surface area contributed by atoms with E-state index in [1.54, 1.807) is 7.05 Å². The van der Waals surface area contributed by atoms with Crippen LogP contribution in [-0.4, -0.2) is 21.6 Å². The van der Waals surface area contributed by atoms with Crippen LogP contribution >= 0.6 is 0 Å². The molecule has 0 aliphatic heterocycles. The summed E-state index contributed by atoms with van der Waals surface area (Å²) in [5, 5.41) is 6.72. The van der Waals surface area contributed by atoms with Gasteiger partial charge in [0.25, 0.3) is 0 Å². The van der Waals surface area contributed by atoms with Crippen LogP contribution in [0.25, 0.3) is 5.65 Å². The summed E-state index contributed by atoms with van der Waals surface area (Å²) in [7, 11) is 1.67. The highest BCUT2D eigenvalue weighted by atomic mass is 19.4. The molecule has 1 saturated carbocycles. The van der Waals surface area contributed by atoms with Crippen LogP contribution < -0.4 is 5.32 Å². The van der Waals surface area contributed by atoms with Crippen molar-refractivity contribution in [3.63, 3.8) is 0 Å². The van der Waals surface area contributed by atoms with Gasteiger partial charge in [0.1, 0.15) is 11.4 Å². The van der Waals surface area contributed by atoms with Crippen molar-refractivity contribution in [2.75, 3.05) is 12.4 Å². The molecule has 1 N–H and O–H groups in total. The lowest BCUT2D eigenvalue weighted by molar-refractivity contribution is -0.136. The molecule has 21 heavy (non-hydrogen) atoms. The summed E-state index contributed by atoms with van der Waals surface area (Å²) in [5.74, 6) is 1.30. The lowest BCUT2D eigenvalue weighted by Gasteiger charge is -2.16. The van der Waals surface area contributed by atoms with E-state index in [2.05, 4.69) is 22.3 Å². The fourth-order valence-corrected chi connectivity index (χ4v) is 2.83.